The zero-order valence-corrected chi connectivity index (χ0v) is 12.8. The summed E-state index contributed by atoms with van der Waals surface area (Å²) in [5.74, 6) is 0. The SMILES string of the molecule is Cc1cnc2c(c1)c(-c1cccc(S(C)(=O)=O)c1)nn2C. The van der Waals surface area contributed by atoms with Crippen molar-refractivity contribution in [2.75, 3.05) is 6.26 Å². The van der Waals surface area contributed by atoms with Crippen LogP contribution in [0, 0.1) is 6.92 Å². The van der Waals surface area contributed by atoms with E-state index in [1.54, 1.807) is 29.1 Å². The monoisotopic (exact) mass is 301 g/mol. The van der Waals surface area contributed by atoms with E-state index in [4.69, 9.17) is 0 Å². The Morgan fingerprint density at radius 2 is 1.95 bits per heavy atom. The smallest absolute Gasteiger partial charge is 0.175 e. The number of sulfone groups is 1. The van der Waals surface area contributed by atoms with Gasteiger partial charge in [-0.2, -0.15) is 5.10 Å². The average Bonchev–Trinajstić information content (AvgIpc) is 2.75. The molecule has 0 fully saturated rings. The zero-order chi connectivity index (χ0) is 15.2. The molecule has 0 aliphatic rings. The molecule has 0 aliphatic heterocycles. The summed E-state index contributed by atoms with van der Waals surface area (Å²) in [6.07, 6.45) is 3.00. The molecule has 5 nitrogen and oxygen atoms in total. The van der Waals surface area contributed by atoms with Crippen LogP contribution in [0.25, 0.3) is 22.3 Å². The summed E-state index contributed by atoms with van der Waals surface area (Å²) in [4.78, 5) is 4.67. The topological polar surface area (TPSA) is 64.8 Å². The van der Waals surface area contributed by atoms with Gasteiger partial charge in [-0.1, -0.05) is 12.1 Å². The predicted octanol–water partition coefficient (Wildman–Crippen LogP) is 2.35. The Bertz CT molecular complexity index is 943. The quantitative estimate of drug-likeness (QED) is 0.729. The van der Waals surface area contributed by atoms with Crippen LogP contribution in [0.3, 0.4) is 0 Å². The number of aryl methyl sites for hydroxylation is 2. The lowest BCUT2D eigenvalue weighted by Crippen LogP contribution is -1.97. The standard InChI is InChI=1S/C15H15N3O2S/c1-10-7-13-14(17-18(2)15(13)16-9-10)11-5-4-6-12(8-11)21(3,19)20/h4-9H,1-3H3. The van der Waals surface area contributed by atoms with E-state index >= 15 is 0 Å². The van der Waals surface area contributed by atoms with Crippen molar-refractivity contribution in [3.05, 3.63) is 42.1 Å². The highest BCUT2D eigenvalue weighted by atomic mass is 32.2. The van der Waals surface area contributed by atoms with Crippen molar-refractivity contribution in [3.8, 4) is 11.3 Å². The van der Waals surface area contributed by atoms with Crippen molar-refractivity contribution in [2.45, 2.75) is 11.8 Å². The maximum Gasteiger partial charge on any atom is 0.175 e. The fraction of sp³-hybridized carbons (Fsp3) is 0.200. The first-order valence-corrected chi connectivity index (χ1v) is 8.35. The molecule has 0 amide bonds. The lowest BCUT2D eigenvalue weighted by molar-refractivity contribution is 0.602. The maximum absolute atomic E-state index is 11.7. The summed E-state index contributed by atoms with van der Waals surface area (Å²) < 4.78 is 25.1. The van der Waals surface area contributed by atoms with Crippen LogP contribution in [0.4, 0.5) is 0 Å². The number of aromatic nitrogens is 3. The normalized spacial score (nSPS) is 12.0. The van der Waals surface area contributed by atoms with Gasteiger partial charge in [0.25, 0.3) is 0 Å². The van der Waals surface area contributed by atoms with Gasteiger partial charge in [0.15, 0.2) is 15.5 Å². The lowest BCUT2D eigenvalue weighted by atomic mass is 10.1. The van der Waals surface area contributed by atoms with Gasteiger partial charge in [0.2, 0.25) is 0 Å². The minimum Gasteiger partial charge on any atom is -0.250 e. The largest absolute Gasteiger partial charge is 0.250 e. The molecule has 0 saturated heterocycles. The highest BCUT2D eigenvalue weighted by molar-refractivity contribution is 7.90. The molecule has 6 heteroatoms. The number of rotatable bonds is 2. The van der Waals surface area contributed by atoms with Crippen molar-refractivity contribution < 1.29 is 8.42 Å². The lowest BCUT2D eigenvalue weighted by Gasteiger charge is -2.02. The maximum atomic E-state index is 11.7. The molecule has 1 aromatic carbocycles. The summed E-state index contributed by atoms with van der Waals surface area (Å²) in [5.41, 5.74) is 3.33. The average molecular weight is 301 g/mol. The fourth-order valence-electron chi connectivity index (χ4n) is 2.33. The van der Waals surface area contributed by atoms with Crippen LogP contribution in [-0.2, 0) is 16.9 Å². The van der Waals surface area contributed by atoms with E-state index in [0.717, 1.165) is 27.9 Å². The Morgan fingerprint density at radius 3 is 2.67 bits per heavy atom. The molecule has 0 bridgehead atoms. The van der Waals surface area contributed by atoms with Crippen molar-refractivity contribution in [1.82, 2.24) is 14.8 Å². The Labute approximate surface area is 123 Å². The minimum absolute atomic E-state index is 0.291. The van der Waals surface area contributed by atoms with Gasteiger partial charge in [0.05, 0.1) is 4.90 Å². The van der Waals surface area contributed by atoms with Gasteiger partial charge >= 0.3 is 0 Å². The van der Waals surface area contributed by atoms with Gasteiger partial charge < -0.3 is 0 Å². The first-order chi connectivity index (χ1) is 9.86. The molecule has 0 saturated carbocycles. The molecule has 0 aliphatic carbocycles. The number of pyridine rings is 1. The summed E-state index contributed by atoms with van der Waals surface area (Å²) in [5, 5.41) is 5.40. The molecule has 2 heterocycles. The Balaban J connectivity index is 2.28. The van der Waals surface area contributed by atoms with E-state index in [9.17, 15) is 8.42 Å². The molecule has 2 aromatic heterocycles. The molecule has 3 rings (SSSR count). The Hall–Kier alpha value is -2.21. The molecular weight excluding hydrogens is 286 g/mol. The number of fused-ring (bicyclic) bond motifs is 1. The fourth-order valence-corrected chi connectivity index (χ4v) is 3.00. The molecule has 0 radical (unpaired) electrons. The van der Waals surface area contributed by atoms with Crippen molar-refractivity contribution in [2.24, 2.45) is 7.05 Å². The molecule has 108 valence electrons. The van der Waals surface area contributed by atoms with Crippen molar-refractivity contribution in [3.63, 3.8) is 0 Å². The molecule has 0 N–H and O–H groups in total. The summed E-state index contributed by atoms with van der Waals surface area (Å²) in [7, 11) is -1.41. The van der Waals surface area contributed by atoms with Crippen LogP contribution in [0.2, 0.25) is 0 Å². The molecule has 0 unspecified atom stereocenters. The highest BCUT2D eigenvalue weighted by Crippen LogP contribution is 2.28. The van der Waals surface area contributed by atoms with Crippen LogP contribution in [-0.4, -0.2) is 29.4 Å². The van der Waals surface area contributed by atoms with Crippen LogP contribution in [0.15, 0.2) is 41.4 Å². The third-order valence-electron chi connectivity index (χ3n) is 3.35. The van der Waals surface area contributed by atoms with Crippen LogP contribution in [0.5, 0.6) is 0 Å². The second-order valence-electron chi connectivity index (χ2n) is 5.16. The van der Waals surface area contributed by atoms with E-state index in [1.807, 2.05) is 26.1 Å². The Kier molecular flexibility index (Phi) is 3.06. The van der Waals surface area contributed by atoms with Gasteiger partial charge in [0.1, 0.15) is 5.69 Å². The molecule has 3 aromatic rings. The third kappa shape index (κ3) is 2.42. The van der Waals surface area contributed by atoms with E-state index < -0.39 is 9.84 Å². The summed E-state index contributed by atoms with van der Waals surface area (Å²) in [6.45, 7) is 1.97. The second-order valence-corrected chi connectivity index (χ2v) is 7.17. The second kappa shape index (κ2) is 4.66. The highest BCUT2D eigenvalue weighted by Gasteiger charge is 2.14. The number of hydrogen-bond acceptors (Lipinski definition) is 4. The molecule has 21 heavy (non-hydrogen) atoms. The minimum atomic E-state index is -3.24. The molecule has 0 atom stereocenters. The van der Waals surface area contributed by atoms with Crippen molar-refractivity contribution >= 4 is 20.9 Å². The van der Waals surface area contributed by atoms with E-state index in [2.05, 4.69) is 10.1 Å². The van der Waals surface area contributed by atoms with Gasteiger partial charge in [-0.15, -0.1) is 0 Å². The first kappa shape index (κ1) is 13.8. The van der Waals surface area contributed by atoms with Gasteiger partial charge in [-0.25, -0.2) is 18.1 Å². The number of hydrogen-bond donors (Lipinski definition) is 0. The number of nitrogens with zero attached hydrogens (tertiary/aromatic N) is 3. The number of benzene rings is 1. The summed E-state index contributed by atoms with van der Waals surface area (Å²) >= 11 is 0. The molecule has 0 spiro atoms. The van der Waals surface area contributed by atoms with Gasteiger partial charge in [0, 0.05) is 30.4 Å². The van der Waals surface area contributed by atoms with Crippen molar-refractivity contribution in [1.29, 1.82) is 0 Å². The van der Waals surface area contributed by atoms with Gasteiger partial charge in [-0.3, -0.25) is 0 Å². The van der Waals surface area contributed by atoms with E-state index in [-0.39, 0.29) is 0 Å². The van der Waals surface area contributed by atoms with E-state index in [0.29, 0.717) is 4.90 Å². The third-order valence-corrected chi connectivity index (χ3v) is 4.46. The summed E-state index contributed by atoms with van der Waals surface area (Å²) in [6, 6.07) is 8.85. The van der Waals surface area contributed by atoms with Crippen LogP contribution in [0.1, 0.15) is 5.56 Å². The Morgan fingerprint density at radius 1 is 1.19 bits per heavy atom. The first-order valence-electron chi connectivity index (χ1n) is 6.46. The molecular formula is C15H15N3O2S. The predicted molar refractivity (Wildman–Crippen MR) is 81.8 cm³/mol. The zero-order valence-electron chi connectivity index (χ0n) is 12.0. The van der Waals surface area contributed by atoms with Crippen LogP contribution < -0.4 is 0 Å². The van der Waals surface area contributed by atoms with E-state index in [1.165, 1.54) is 6.26 Å². The van der Waals surface area contributed by atoms with Gasteiger partial charge in [-0.05, 0) is 30.7 Å². The van der Waals surface area contributed by atoms with Crippen LogP contribution >= 0.6 is 0 Å².